The second-order valence-corrected chi connectivity index (χ2v) is 3.88. The van der Waals surface area contributed by atoms with Gasteiger partial charge in [-0.2, -0.15) is 0 Å². The highest BCUT2D eigenvalue weighted by Gasteiger charge is 2.36. The van der Waals surface area contributed by atoms with Crippen LogP contribution in [0, 0.1) is 3.70 Å². The van der Waals surface area contributed by atoms with Gasteiger partial charge in [0.1, 0.15) is 9.26 Å². The summed E-state index contributed by atoms with van der Waals surface area (Å²) < 4.78 is 64.2. The SMILES string of the molecule is O=C(O)c1c(I)ncc(OC(F)(F)F)c1C(F)F. The van der Waals surface area contributed by atoms with E-state index in [1.807, 2.05) is 0 Å². The number of alkyl halides is 5. The number of nitrogens with zero attached hydrogens (tertiary/aromatic N) is 1. The molecule has 0 aliphatic heterocycles. The van der Waals surface area contributed by atoms with Gasteiger partial charge in [0.2, 0.25) is 0 Å². The van der Waals surface area contributed by atoms with Gasteiger partial charge in [-0.15, -0.1) is 13.2 Å². The Morgan fingerprint density at radius 2 is 2.00 bits per heavy atom. The van der Waals surface area contributed by atoms with Crippen molar-refractivity contribution in [3.05, 3.63) is 21.0 Å². The van der Waals surface area contributed by atoms with Crippen molar-refractivity contribution in [2.24, 2.45) is 0 Å². The summed E-state index contributed by atoms with van der Waals surface area (Å²) in [7, 11) is 0. The minimum absolute atomic E-state index is 0.357. The zero-order valence-electron chi connectivity index (χ0n) is 8.13. The summed E-state index contributed by atoms with van der Waals surface area (Å²) >= 11 is 1.33. The van der Waals surface area contributed by atoms with Crippen molar-refractivity contribution in [3.63, 3.8) is 0 Å². The molecule has 1 aromatic heterocycles. The molecule has 1 heterocycles. The Kier molecular flexibility index (Phi) is 4.29. The van der Waals surface area contributed by atoms with Gasteiger partial charge >= 0.3 is 12.3 Å². The van der Waals surface area contributed by atoms with E-state index >= 15 is 0 Å². The van der Waals surface area contributed by atoms with E-state index in [1.54, 1.807) is 0 Å². The first-order valence-corrected chi connectivity index (χ1v) is 5.17. The van der Waals surface area contributed by atoms with Crippen LogP contribution in [0.3, 0.4) is 0 Å². The van der Waals surface area contributed by atoms with Gasteiger partial charge in [0.15, 0.2) is 5.75 Å². The third-order valence-corrected chi connectivity index (χ3v) is 2.51. The van der Waals surface area contributed by atoms with Gasteiger partial charge in [0, 0.05) is 0 Å². The zero-order valence-corrected chi connectivity index (χ0v) is 10.3. The number of hydrogen-bond acceptors (Lipinski definition) is 3. The molecule has 0 aromatic carbocycles. The number of carboxylic acids is 1. The Bertz CT molecular complexity index is 477. The van der Waals surface area contributed by atoms with Crippen LogP contribution < -0.4 is 4.74 Å². The van der Waals surface area contributed by atoms with Crippen molar-refractivity contribution in [1.82, 2.24) is 4.98 Å². The molecular weight excluding hydrogens is 380 g/mol. The van der Waals surface area contributed by atoms with Crippen molar-refractivity contribution in [2.45, 2.75) is 12.8 Å². The van der Waals surface area contributed by atoms with Gasteiger partial charge in [0.05, 0.1) is 11.8 Å². The third kappa shape index (κ3) is 3.40. The van der Waals surface area contributed by atoms with Crippen LogP contribution in [-0.4, -0.2) is 22.4 Å². The number of aromatic nitrogens is 1. The Balaban J connectivity index is 3.44. The van der Waals surface area contributed by atoms with Crippen LogP contribution in [-0.2, 0) is 0 Å². The minimum atomic E-state index is -5.21. The molecule has 0 unspecified atom stereocenters. The van der Waals surface area contributed by atoms with Crippen molar-refractivity contribution < 1.29 is 36.6 Å². The second kappa shape index (κ2) is 5.20. The molecule has 0 atom stereocenters. The van der Waals surface area contributed by atoms with Crippen LogP contribution in [0.25, 0.3) is 0 Å². The summed E-state index contributed by atoms with van der Waals surface area (Å²) in [6, 6.07) is 0. The van der Waals surface area contributed by atoms with E-state index in [2.05, 4.69) is 9.72 Å². The normalized spacial score (nSPS) is 11.7. The number of carbonyl (C=O) groups is 1. The van der Waals surface area contributed by atoms with E-state index in [9.17, 15) is 26.7 Å². The van der Waals surface area contributed by atoms with E-state index in [4.69, 9.17) is 5.11 Å². The molecule has 1 N–H and O–H groups in total. The third-order valence-electron chi connectivity index (χ3n) is 1.69. The van der Waals surface area contributed by atoms with Gasteiger partial charge in [-0.05, 0) is 22.6 Å². The average Bonchev–Trinajstić information content (AvgIpc) is 2.17. The highest BCUT2D eigenvalue weighted by Crippen LogP contribution is 2.36. The Morgan fingerprint density at radius 1 is 1.44 bits per heavy atom. The predicted octanol–water partition coefficient (Wildman–Crippen LogP) is 3.22. The summed E-state index contributed by atoms with van der Waals surface area (Å²) in [5.41, 5.74) is -2.36. The van der Waals surface area contributed by atoms with E-state index in [0.717, 1.165) is 0 Å². The summed E-state index contributed by atoms with van der Waals surface area (Å²) in [6.45, 7) is 0. The van der Waals surface area contributed by atoms with E-state index in [0.29, 0.717) is 6.20 Å². The molecule has 0 amide bonds. The monoisotopic (exact) mass is 383 g/mol. The zero-order chi connectivity index (χ0) is 14.1. The molecule has 0 spiro atoms. The maximum atomic E-state index is 12.7. The fourth-order valence-electron chi connectivity index (χ4n) is 1.11. The number of ether oxygens (including phenoxy) is 1. The molecule has 4 nitrogen and oxygen atoms in total. The van der Waals surface area contributed by atoms with Crippen LogP contribution in [0.2, 0.25) is 0 Å². The number of aromatic carboxylic acids is 1. The van der Waals surface area contributed by atoms with Gasteiger partial charge < -0.3 is 9.84 Å². The maximum absolute atomic E-state index is 12.7. The topological polar surface area (TPSA) is 59.4 Å². The molecule has 0 aliphatic rings. The molecule has 10 heteroatoms. The smallest absolute Gasteiger partial charge is 0.478 e. The number of hydrogen-bond donors (Lipinski definition) is 1. The highest BCUT2D eigenvalue weighted by molar-refractivity contribution is 14.1. The van der Waals surface area contributed by atoms with Crippen LogP contribution in [0.1, 0.15) is 22.3 Å². The lowest BCUT2D eigenvalue weighted by molar-refractivity contribution is -0.275. The number of pyridine rings is 1. The molecule has 1 aromatic rings. The quantitative estimate of drug-likeness (QED) is 0.495. The maximum Gasteiger partial charge on any atom is 0.573 e. The molecule has 0 fully saturated rings. The van der Waals surface area contributed by atoms with Crippen LogP contribution in [0.5, 0.6) is 5.75 Å². The van der Waals surface area contributed by atoms with Gasteiger partial charge in [-0.3, -0.25) is 0 Å². The van der Waals surface area contributed by atoms with Crippen molar-refractivity contribution in [3.8, 4) is 5.75 Å². The van der Waals surface area contributed by atoms with Crippen molar-refractivity contribution in [1.29, 1.82) is 0 Å². The standard InChI is InChI=1S/C8H3F5INO3/c9-5(10)3-2(18-8(11,12)13)1-15-6(14)4(3)7(16)17/h1,5H,(H,16,17). The van der Waals surface area contributed by atoms with Gasteiger partial charge in [-0.25, -0.2) is 18.6 Å². The number of halogens is 6. The van der Waals surface area contributed by atoms with Crippen molar-refractivity contribution in [2.75, 3.05) is 0 Å². The number of rotatable bonds is 3. The Labute approximate surface area is 110 Å². The molecule has 0 radical (unpaired) electrons. The molecule has 0 aliphatic carbocycles. The molecule has 100 valence electrons. The number of carboxylic acid groups (broad SMARTS) is 1. The lowest BCUT2D eigenvalue weighted by atomic mass is 10.1. The highest BCUT2D eigenvalue weighted by atomic mass is 127. The summed E-state index contributed by atoms with van der Waals surface area (Å²) in [4.78, 5) is 14.0. The predicted molar refractivity (Wildman–Crippen MR) is 55.6 cm³/mol. The van der Waals surface area contributed by atoms with Crippen LogP contribution >= 0.6 is 22.6 Å². The molecule has 1 rings (SSSR count). The van der Waals surface area contributed by atoms with E-state index in [1.165, 1.54) is 22.6 Å². The first kappa shape index (κ1) is 14.9. The van der Waals surface area contributed by atoms with Gasteiger partial charge in [0.25, 0.3) is 6.43 Å². The summed E-state index contributed by atoms with van der Waals surface area (Å²) in [5.74, 6) is -3.13. The average molecular weight is 383 g/mol. The molecule has 0 bridgehead atoms. The van der Waals surface area contributed by atoms with Crippen LogP contribution in [0.15, 0.2) is 6.20 Å². The Morgan fingerprint density at radius 3 is 2.39 bits per heavy atom. The largest absolute Gasteiger partial charge is 0.573 e. The molecule has 18 heavy (non-hydrogen) atoms. The lowest BCUT2D eigenvalue weighted by Crippen LogP contribution is -2.20. The minimum Gasteiger partial charge on any atom is -0.478 e. The summed E-state index contributed by atoms with van der Waals surface area (Å²) in [5, 5.41) is 8.70. The fraction of sp³-hybridized carbons (Fsp3) is 0.250. The first-order valence-electron chi connectivity index (χ1n) is 4.09. The molecular formula is C8H3F5INO3. The van der Waals surface area contributed by atoms with Gasteiger partial charge in [-0.1, -0.05) is 0 Å². The Hall–Kier alpha value is -1.20. The second-order valence-electron chi connectivity index (χ2n) is 2.86. The summed E-state index contributed by atoms with van der Waals surface area (Å²) in [6.07, 6.45) is -8.25. The lowest BCUT2D eigenvalue weighted by Gasteiger charge is -2.14. The molecule has 0 saturated carbocycles. The molecule has 0 saturated heterocycles. The fourth-order valence-corrected chi connectivity index (χ4v) is 1.77. The van der Waals surface area contributed by atoms with E-state index < -0.39 is 35.6 Å². The first-order chi connectivity index (χ1) is 8.13. The van der Waals surface area contributed by atoms with Crippen molar-refractivity contribution >= 4 is 28.6 Å². The van der Waals surface area contributed by atoms with E-state index in [-0.39, 0.29) is 3.70 Å². The van der Waals surface area contributed by atoms with Crippen LogP contribution in [0.4, 0.5) is 22.0 Å².